The van der Waals surface area contributed by atoms with Crippen LogP contribution in [0, 0.1) is 29.6 Å². The highest BCUT2D eigenvalue weighted by molar-refractivity contribution is 5.78. The molecule has 47 heavy (non-hydrogen) atoms. The van der Waals surface area contributed by atoms with Crippen molar-refractivity contribution in [3.05, 3.63) is 47.1 Å². The van der Waals surface area contributed by atoms with Gasteiger partial charge in [0.25, 0.3) is 0 Å². The zero-order valence-corrected chi connectivity index (χ0v) is 29.5. The van der Waals surface area contributed by atoms with Crippen LogP contribution in [0.2, 0.25) is 0 Å². The SMILES string of the molecule is CC[C@H](C)[C@H]1O[C@]2(CC[C@@H]1C)C[C@@H]1C[C@@H](C/C=C(\C)[C@@H](COCCOC)[C@@H](C)/C=C/C=C3\CO[C@@H]4[C@H](O)C(C)=C[C@@H](C(=O)O1)[C@]34O)O2. The maximum Gasteiger partial charge on any atom is 0.316 e. The zero-order valence-electron chi connectivity index (χ0n) is 29.5. The average Bonchev–Trinajstić information content (AvgIpc) is 3.38. The lowest BCUT2D eigenvalue weighted by molar-refractivity contribution is -0.340. The number of carbonyl (C=O) groups excluding carboxylic acids is 1. The molecule has 4 aliphatic heterocycles. The topological polar surface area (TPSA) is 113 Å². The van der Waals surface area contributed by atoms with E-state index in [-0.39, 0.29) is 30.7 Å². The molecule has 0 radical (unpaired) electrons. The third-order valence-electron chi connectivity index (χ3n) is 11.5. The quantitative estimate of drug-likeness (QED) is 0.210. The van der Waals surface area contributed by atoms with Gasteiger partial charge in [-0.15, -0.1) is 0 Å². The van der Waals surface area contributed by atoms with Crippen LogP contribution >= 0.6 is 0 Å². The van der Waals surface area contributed by atoms with Gasteiger partial charge in [0, 0.05) is 32.3 Å². The van der Waals surface area contributed by atoms with Crippen molar-refractivity contribution < 1.29 is 43.4 Å². The minimum atomic E-state index is -1.74. The van der Waals surface area contributed by atoms with Crippen LogP contribution in [-0.2, 0) is 33.2 Å². The van der Waals surface area contributed by atoms with Crippen molar-refractivity contribution in [2.24, 2.45) is 29.6 Å². The van der Waals surface area contributed by atoms with Crippen LogP contribution in [0.1, 0.15) is 80.1 Å². The Bertz CT molecular complexity index is 1220. The number of esters is 1. The Balaban J connectivity index is 1.53. The molecular formula is C38H58O9. The molecule has 5 aliphatic rings. The number of hydrogen-bond donors (Lipinski definition) is 2. The molecule has 0 aromatic rings. The first-order valence-electron chi connectivity index (χ1n) is 17.8. The normalized spacial score (nSPS) is 44.7. The third-order valence-corrected chi connectivity index (χ3v) is 11.5. The molecule has 0 aromatic carbocycles. The molecule has 264 valence electrons. The summed E-state index contributed by atoms with van der Waals surface area (Å²) in [6.07, 6.45) is 11.4. The summed E-state index contributed by atoms with van der Waals surface area (Å²) in [5.41, 5.74) is 0.594. The Morgan fingerprint density at radius 1 is 1.13 bits per heavy atom. The lowest BCUT2D eigenvalue weighted by Gasteiger charge is -2.51. The first-order chi connectivity index (χ1) is 22.4. The van der Waals surface area contributed by atoms with Gasteiger partial charge in [-0.3, -0.25) is 4.79 Å². The number of aliphatic hydroxyl groups is 2. The van der Waals surface area contributed by atoms with E-state index in [0.29, 0.717) is 62.1 Å². The van der Waals surface area contributed by atoms with E-state index in [1.807, 2.05) is 12.2 Å². The minimum absolute atomic E-state index is 0.0514. The van der Waals surface area contributed by atoms with Gasteiger partial charge in [0.1, 0.15) is 29.8 Å². The summed E-state index contributed by atoms with van der Waals surface area (Å²) in [5.74, 6) is -1.41. The standard InChI is InChI=1S/C38H58O9/c1-8-23(2)34-26(5)14-15-37(47-34)20-30-19-29(46-37)13-12-25(4)31(22-43-17-16-42-7)24(3)10-9-11-28-21-44-35-33(39)27(6)18-32(36(40)45-30)38(28,35)41/h9-12,18,23-24,26,29-35,39,41H,8,13-17,19-22H2,1-7H3/b10-9+,25-12+,28-11+/t23-,24-,26-,29+,30-,31-,32-,33+,34+,35+,37+,38+/m0/s1. The summed E-state index contributed by atoms with van der Waals surface area (Å²) in [6, 6.07) is 0. The number of ether oxygens (including phenoxy) is 6. The molecule has 0 amide bonds. The summed E-state index contributed by atoms with van der Waals surface area (Å²) in [5, 5.41) is 23.3. The smallest absolute Gasteiger partial charge is 0.316 e. The second-order valence-corrected chi connectivity index (χ2v) is 14.8. The van der Waals surface area contributed by atoms with E-state index in [1.54, 1.807) is 20.1 Å². The van der Waals surface area contributed by atoms with Crippen molar-refractivity contribution in [3.63, 3.8) is 0 Å². The maximum absolute atomic E-state index is 14.1. The van der Waals surface area contributed by atoms with Gasteiger partial charge in [0.2, 0.25) is 0 Å². The average molecular weight is 659 g/mol. The second kappa shape index (κ2) is 15.4. The van der Waals surface area contributed by atoms with E-state index in [4.69, 9.17) is 28.4 Å². The van der Waals surface area contributed by atoms with E-state index in [9.17, 15) is 15.0 Å². The monoisotopic (exact) mass is 658 g/mol. The molecule has 12 atom stereocenters. The number of allylic oxidation sites excluding steroid dienone is 3. The molecule has 9 nitrogen and oxygen atoms in total. The Hall–Kier alpha value is -1.85. The number of carbonyl (C=O) groups is 1. The Morgan fingerprint density at radius 3 is 2.66 bits per heavy atom. The zero-order chi connectivity index (χ0) is 33.9. The molecule has 3 fully saturated rings. The first-order valence-corrected chi connectivity index (χ1v) is 17.8. The van der Waals surface area contributed by atoms with Crippen molar-refractivity contribution in [1.82, 2.24) is 0 Å². The van der Waals surface area contributed by atoms with Gasteiger partial charge in [-0.25, -0.2) is 0 Å². The molecule has 5 rings (SSSR count). The van der Waals surface area contributed by atoms with Gasteiger partial charge in [0.05, 0.1) is 38.6 Å². The molecule has 0 saturated carbocycles. The van der Waals surface area contributed by atoms with E-state index < -0.39 is 41.6 Å². The van der Waals surface area contributed by atoms with Gasteiger partial charge in [-0.2, -0.15) is 0 Å². The number of aliphatic hydroxyl groups excluding tert-OH is 1. The van der Waals surface area contributed by atoms with Crippen LogP contribution < -0.4 is 0 Å². The minimum Gasteiger partial charge on any atom is -0.462 e. The van der Waals surface area contributed by atoms with Crippen molar-refractivity contribution in [2.75, 3.05) is 33.5 Å². The fourth-order valence-electron chi connectivity index (χ4n) is 8.25. The Morgan fingerprint density at radius 2 is 1.91 bits per heavy atom. The van der Waals surface area contributed by atoms with Crippen molar-refractivity contribution in [1.29, 1.82) is 0 Å². The largest absolute Gasteiger partial charge is 0.462 e. The first kappa shape index (κ1) is 36.4. The molecule has 0 unspecified atom stereocenters. The number of rotatable bonds is 7. The Kier molecular flexibility index (Phi) is 11.9. The molecule has 4 heterocycles. The number of methoxy groups -OCH3 is 1. The van der Waals surface area contributed by atoms with E-state index in [0.717, 1.165) is 19.3 Å². The highest BCUT2D eigenvalue weighted by atomic mass is 16.7. The highest BCUT2D eigenvalue weighted by Crippen LogP contribution is 2.48. The van der Waals surface area contributed by atoms with E-state index >= 15 is 0 Å². The predicted molar refractivity (Wildman–Crippen MR) is 178 cm³/mol. The van der Waals surface area contributed by atoms with Gasteiger partial charge in [-0.1, -0.05) is 70.1 Å². The fraction of sp³-hybridized carbons (Fsp3) is 0.763. The summed E-state index contributed by atoms with van der Waals surface area (Å²) in [4.78, 5) is 14.1. The lowest BCUT2D eigenvalue weighted by Crippen LogP contribution is -2.58. The predicted octanol–water partition coefficient (Wildman–Crippen LogP) is 5.45. The third kappa shape index (κ3) is 7.67. The molecule has 1 aliphatic carbocycles. The van der Waals surface area contributed by atoms with Crippen LogP contribution in [0.4, 0.5) is 0 Å². The number of hydrogen-bond acceptors (Lipinski definition) is 9. The van der Waals surface area contributed by atoms with Gasteiger partial charge >= 0.3 is 5.97 Å². The van der Waals surface area contributed by atoms with Crippen LogP contribution in [0.3, 0.4) is 0 Å². The van der Waals surface area contributed by atoms with Crippen LogP contribution in [-0.4, -0.2) is 91.6 Å². The van der Waals surface area contributed by atoms with Gasteiger partial charge < -0.3 is 38.6 Å². The molecule has 3 saturated heterocycles. The Labute approximate surface area is 281 Å². The summed E-state index contributed by atoms with van der Waals surface area (Å²) < 4.78 is 37.3. The van der Waals surface area contributed by atoms with E-state index in [2.05, 4.69) is 46.8 Å². The molecule has 0 aromatic heterocycles. The molecule has 2 N–H and O–H groups in total. The van der Waals surface area contributed by atoms with Gasteiger partial charge in [0.15, 0.2) is 5.79 Å². The van der Waals surface area contributed by atoms with Crippen molar-refractivity contribution in [3.8, 4) is 0 Å². The summed E-state index contributed by atoms with van der Waals surface area (Å²) in [6.45, 7) is 14.4. The van der Waals surface area contributed by atoms with Crippen LogP contribution in [0.25, 0.3) is 0 Å². The van der Waals surface area contributed by atoms with Crippen molar-refractivity contribution in [2.45, 2.75) is 122 Å². The van der Waals surface area contributed by atoms with Crippen LogP contribution in [0.15, 0.2) is 47.1 Å². The molecule has 2 bridgehead atoms. The molecular weight excluding hydrogens is 600 g/mol. The second-order valence-electron chi connectivity index (χ2n) is 14.8. The van der Waals surface area contributed by atoms with Crippen LogP contribution in [0.5, 0.6) is 0 Å². The summed E-state index contributed by atoms with van der Waals surface area (Å²) >= 11 is 0. The highest BCUT2D eigenvalue weighted by Gasteiger charge is 2.60. The maximum atomic E-state index is 14.1. The fourth-order valence-corrected chi connectivity index (χ4v) is 8.25. The van der Waals surface area contributed by atoms with Crippen molar-refractivity contribution >= 4 is 5.97 Å². The lowest BCUT2D eigenvalue weighted by atomic mass is 9.71. The summed E-state index contributed by atoms with van der Waals surface area (Å²) in [7, 11) is 1.67. The number of fused-ring (bicyclic) bond motifs is 2. The van der Waals surface area contributed by atoms with E-state index in [1.165, 1.54) is 5.57 Å². The molecule has 9 heteroatoms. The van der Waals surface area contributed by atoms with Gasteiger partial charge in [-0.05, 0) is 55.6 Å². The molecule has 1 spiro atoms.